The van der Waals surface area contributed by atoms with Crippen molar-refractivity contribution in [2.45, 2.75) is 51.4 Å². The quantitative estimate of drug-likeness (QED) is 0.760. The molecule has 3 rings (SSSR count). The van der Waals surface area contributed by atoms with Gasteiger partial charge in [-0.25, -0.2) is 0 Å². The zero-order valence-corrected chi connectivity index (χ0v) is 17.7. The Morgan fingerprint density at radius 3 is 2.35 bits per heavy atom. The Kier molecular flexibility index (Phi) is 10.7. The Hall–Kier alpha value is -0.110. The number of hydrogen-bond donors (Lipinski definition) is 1. The van der Waals surface area contributed by atoms with Crippen molar-refractivity contribution in [1.82, 2.24) is 15.1 Å². The molecule has 0 aromatic rings. The number of carbonyl (C=O) groups is 1. The first-order valence-corrected chi connectivity index (χ1v) is 9.57. The molecule has 3 aliphatic rings. The molecule has 154 valence electrons. The largest absolute Gasteiger partial charge is 0.378 e. The highest BCUT2D eigenvalue weighted by molar-refractivity contribution is 5.85. The molecule has 0 aromatic carbocycles. The topological polar surface area (TPSA) is 54.0 Å². The maximum Gasteiger partial charge on any atom is 0.224 e. The molecule has 3 unspecified atom stereocenters. The van der Waals surface area contributed by atoms with Gasteiger partial charge in [0, 0.05) is 51.7 Å². The summed E-state index contributed by atoms with van der Waals surface area (Å²) in [5.74, 6) is 0.993. The van der Waals surface area contributed by atoms with E-state index in [-0.39, 0.29) is 36.8 Å². The Bertz CT molecular complexity index is 406. The van der Waals surface area contributed by atoms with E-state index in [0.717, 1.165) is 58.7 Å². The molecule has 0 spiro atoms. The van der Waals surface area contributed by atoms with Crippen LogP contribution in [-0.4, -0.2) is 86.4 Å². The zero-order chi connectivity index (χ0) is 16.9. The van der Waals surface area contributed by atoms with Crippen molar-refractivity contribution in [3.05, 3.63) is 0 Å². The van der Waals surface area contributed by atoms with E-state index < -0.39 is 0 Å². The summed E-state index contributed by atoms with van der Waals surface area (Å²) in [6.45, 7) is 11.6. The molecular weight excluding hydrogens is 377 g/mol. The van der Waals surface area contributed by atoms with Crippen molar-refractivity contribution in [3.63, 3.8) is 0 Å². The average molecular weight is 412 g/mol. The fourth-order valence-electron chi connectivity index (χ4n) is 4.25. The lowest BCUT2D eigenvalue weighted by molar-refractivity contribution is -0.134. The van der Waals surface area contributed by atoms with E-state index in [2.05, 4.69) is 29.0 Å². The van der Waals surface area contributed by atoms with Gasteiger partial charge < -0.3 is 19.7 Å². The number of amides is 1. The van der Waals surface area contributed by atoms with Crippen LogP contribution in [0.2, 0.25) is 0 Å². The Morgan fingerprint density at radius 1 is 1.12 bits per heavy atom. The average Bonchev–Trinajstić information content (AvgIpc) is 2.55. The van der Waals surface area contributed by atoms with Crippen LogP contribution in [0.4, 0.5) is 0 Å². The summed E-state index contributed by atoms with van der Waals surface area (Å²) in [4.78, 5) is 17.1. The van der Waals surface area contributed by atoms with Gasteiger partial charge in [0.1, 0.15) is 0 Å². The predicted molar refractivity (Wildman–Crippen MR) is 107 cm³/mol. The van der Waals surface area contributed by atoms with Crippen LogP contribution in [-0.2, 0) is 14.3 Å². The predicted octanol–water partition coefficient (Wildman–Crippen LogP) is 1.56. The number of morpholine rings is 2. The first-order valence-electron chi connectivity index (χ1n) is 9.57. The number of nitrogens with zero attached hydrogens (tertiary/aromatic N) is 2. The highest BCUT2D eigenvalue weighted by atomic mass is 35.5. The van der Waals surface area contributed by atoms with Crippen molar-refractivity contribution >= 4 is 30.7 Å². The minimum absolute atomic E-state index is 0. The summed E-state index contributed by atoms with van der Waals surface area (Å²) in [6, 6.07) is 0.195. The third-order valence-electron chi connectivity index (χ3n) is 5.40. The maximum absolute atomic E-state index is 12.5. The number of halogens is 2. The summed E-state index contributed by atoms with van der Waals surface area (Å²) in [7, 11) is 0. The molecule has 6 nitrogen and oxygen atoms in total. The fraction of sp³-hybridized carbons (Fsp3) is 0.944. The molecule has 8 heteroatoms. The van der Waals surface area contributed by atoms with Gasteiger partial charge in [0.2, 0.25) is 5.91 Å². The molecule has 3 fully saturated rings. The molecule has 0 radical (unpaired) electrons. The van der Waals surface area contributed by atoms with Gasteiger partial charge in [0.25, 0.3) is 0 Å². The maximum atomic E-state index is 12.5. The minimum Gasteiger partial charge on any atom is -0.378 e. The minimum atomic E-state index is 0. The van der Waals surface area contributed by atoms with Crippen molar-refractivity contribution in [1.29, 1.82) is 0 Å². The molecule has 3 heterocycles. The third kappa shape index (κ3) is 7.13. The molecule has 0 saturated carbocycles. The SMILES string of the molecule is CC1CN(CC2CCN(C(=O)CC3COCCN3)CC2)CC(C)O1.Cl.Cl. The second kappa shape index (κ2) is 11.7. The lowest BCUT2D eigenvalue weighted by Gasteiger charge is -2.39. The summed E-state index contributed by atoms with van der Waals surface area (Å²) < 4.78 is 11.3. The van der Waals surface area contributed by atoms with Crippen LogP contribution in [0.3, 0.4) is 0 Å². The van der Waals surface area contributed by atoms with Crippen LogP contribution in [0.15, 0.2) is 0 Å². The normalized spacial score (nSPS) is 31.0. The van der Waals surface area contributed by atoms with Gasteiger partial charge in [-0.15, -0.1) is 24.8 Å². The highest BCUT2D eigenvalue weighted by Crippen LogP contribution is 2.21. The second-order valence-corrected chi connectivity index (χ2v) is 7.73. The van der Waals surface area contributed by atoms with Gasteiger partial charge in [-0.2, -0.15) is 0 Å². The lowest BCUT2D eigenvalue weighted by Crippen LogP contribution is -2.49. The number of piperidine rings is 1. The van der Waals surface area contributed by atoms with Crippen LogP contribution < -0.4 is 5.32 Å². The number of ether oxygens (including phenoxy) is 2. The molecule has 0 bridgehead atoms. The Morgan fingerprint density at radius 2 is 1.77 bits per heavy atom. The van der Waals surface area contributed by atoms with Gasteiger partial charge in [0.05, 0.1) is 25.4 Å². The second-order valence-electron chi connectivity index (χ2n) is 7.73. The van der Waals surface area contributed by atoms with Crippen LogP contribution in [0, 0.1) is 5.92 Å². The molecule has 1 amide bonds. The Balaban J connectivity index is 0.00000169. The molecule has 3 saturated heterocycles. The summed E-state index contributed by atoms with van der Waals surface area (Å²) in [5, 5.41) is 3.37. The van der Waals surface area contributed by atoms with Crippen molar-refractivity contribution in [2.75, 3.05) is 52.5 Å². The highest BCUT2D eigenvalue weighted by Gasteiger charge is 2.28. The van der Waals surface area contributed by atoms with Gasteiger partial charge in [-0.1, -0.05) is 0 Å². The fourth-order valence-corrected chi connectivity index (χ4v) is 4.25. The number of carbonyl (C=O) groups excluding carboxylic acids is 1. The number of hydrogen-bond acceptors (Lipinski definition) is 5. The van der Waals surface area contributed by atoms with Gasteiger partial charge >= 0.3 is 0 Å². The van der Waals surface area contributed by atoms with Crippen molar-refractivity contribution in [2.24, 2.45) is 5.92 Å². The smallest absolute Gasteiger partial charge is 0.224 e. The van der Waals surface area contributed by atoms with Gasteiger partial charge in [-0.05, 0) is 32.6 Å². The van der Waals surface area contributed by atoms with Crippen LogP contribution in [0.1, 0.15) is 33.1 Å². The Labute approximate surface area is 170 Å². The first-order chi connectivity index (χ1) is 11.6. The van der Waals surface area contributed by atoms with E-state index in [0.29, 0.717) is 31.2 Å². The van der Waals surface area contributed by atoms with E-state index in [9.17, 15) is 4.79 Å². The van der Waals surface area contributed by atoms with E-state index in [1.165, 1.54) is 0 Å². The zero-order valence-electron chi connectivity index (χ0n) is 16.0. The van der Waals surface area contributed by atoms with Crippen molar-refractivity contribution < 1.29 is 14.3 Å². The van der Waals surface area contributed by atoms with Crippen LogP contribution in [0.25, 0.3) is 0 Å². The van der Waals surface area contributed by atoms with E-state index in [1.54, 1.807) is 0 Å². The molecule has 3 aliphatic heterocycles. The van der Waals surface area contributed by atoms with Crippen molar-refractivity contribution in [3.8, 4) is 0 Å². The molecule has 1 N–H and O–H groups in total. The standard InChI is InChI=1S/C18H33N3O3.2ClH/c1-14-10-20(11-15(2)24-14)12-16-3-6-21(7-4-16)18(22)9-17-13-23-8-5-19-17;;/h14-17,19H,3-13H2,1-2H3;2*1H. The first kappa shape index (κ1) is 23.9. The monoisotopic (exact) mass is 411 g/mol. The molecule has 26 heavy (non-hydrogen) atoms. The summed E-state index contributed by atoms with van der Waals surface area (Å²) in [5.41, 5.74) is 0. The number of nitrogens with one attached hydrogen (secondary N) is 1. The lowest BCUT2D eigenvalue weighted by atomic mass is 9.95. The van der Waals surface area contributed by atoms with Gasteiger partial charge in [-0.3, -0.25) is 9.69 Å². The third-order valence-corrected chi connectivity index (χ3v) is 5.40. The molecule has 3 atom stereocenters. The van der Waals surface area contributed by atoms with E-state index in [1.807, 2.05) is 0 Å². The van der Waals surface area contributed by atoms with E-state index in [4.69, 9.17) is 9.47 Å². The molecule has 0 aromatic heterocycles. The summed E-state index contributed by atoms with van der Waals surface area (Å²) in [6.07, 6.45) is 3.49. The molecule has 0 aliphatic carbocycles. The van der Waals surface area contributed by atoms with E-state index >= 15 is 0 Å². The summed E-state index contributed by atoms with van der Waals surface area (Å²) >= 11 is 0. The number of likely N-dealkylation sites (tertiary alicyclic amines) is 1. The van der Waals surface area contributed by atoms with Gasteiger partial charge in [0.15, 0.2) is 0 Å². The van der Waals surface area contributed by atoms with Crippen LogP contribution in [0.5, 0.6) is 0 Å². The number of rotatable bonds is 4. The van der Waals surface area contributed by atoms with Crippen LogP contribution >= 0.6 is 24.8 Å². The molecular formula is C18H35Cl2N3O3.